The quantitative estimate of drug-likeness (QED) is 0.866. The molecule has 4 rings (SSSR count). The number of nitrogens with zero attached hydrogens (tertiary/aromatic N) is 2. The maximum Gasteiger partial charge on any atom is 0.410 e. The van der Waals surface area contributed by atoms with Crippen LogP contribution in [0.2, 0.25) is 0 Å². The highest BCUT2D eigenvalue weighted by Gasteiger charge is 2.27. The number of rotatable bonds is 3. The molecule has 0 bridgehead atoms. The summed E-state index contributed by atoms with van der Waals surface area (Å²) in [4.78, 5) is 25.6. The summed E-state index contributed by atoms with van der Waals surface area (Å²) in [5.74, 6) is 0.577. The summed E-state index contributed by atoms with van der Waals surface area (Å²) in [5, 5.41) is 8.12. The highest BCUT2D eigenvalue weighted by atomic mass is 16.6. The fourth-order valence-corrected chi connectivity index (χ4v) is 3.96. The number of aromatic nitrogens is 1. The van der Waals surface area contributed by atoms with Crippen LogP contribution in [0.15, 0.2) is 16.7 Å². The second kappa shape index (κ2) is 7.11. The summed E-state index contributed by atoms with van der Waals surface area (Å²) in [7, 11) is 0. The van der Waals surface area contributed by atoms with Gasteiger partial charge in [-0.05, 0) is 70.1 Å². The molecule has 3 heterocycles. The Morgan fingerprint density at radius 1 is 1.32 bits per heavy atom. The van der Waals surface area contributed by atoms with Crippen molar-refractivity contribution in [3.05, 3.63) is 23.4 Å². The molecule has 7 heteroatoms. The van der Waals surface area contributed by atoms with Crippen molar-refractivity contribution in [3.63, 3.8) is 0 Å². The molecule has 0 atom stereocenters. The van der Waals surface area contributed by atoms with E-state index in [0.717, 1.165) is 66.7 Å². The van der Waals surface area contributed by atoms with E-state index in [0.29, 0.717) is 12.3 Å². The van der Waals surface area contributed by atoms with Crippen molar-refractivity contribution < 1.29 is 18.8 Å². The molecule has 0 radical (unpaired) electrons. The molecule has 150 valence electrons. The molecule has 2 aliphatic rings. The van der Waals surface area contributed by atoms with Gasteiger partial charge in [-0.1, -0.05) is 5.16 Å². The standard InChI is InChI=1S/C21H27N3O4/c1-21(2,3)27-20(26)24-8-6-13(7-9-24)4-5-16-15-12-17-14(11-19(25)22-17)10-18(15)28-23-16/h10,12-13H,4-9,11H2,1-3H3,(H,22,25). The van der Waals surface area contributed by atoms with Gasteiger partial charge in [-0.2, -0.15) is 0 Å². The molecule has 1 aromatic heterocycles. The molecule has 1 fully saturated rings. The van der Waals surface area contributed by atoms with Gasteiger partial charge < -0.3 is 19.5 Å². The van der Waals surface area contributed by atoms with E-state index >= 15 is 0 Å². The van der Waals surface area contributed by atoms with Crippen molar-refractivity contribution in [2.45, 2.75) is 58.5 Å². The largest absolute Gasteiger partial charge is 0.444 e. The van der Waals surface area contributed by atoms with Crippen LogP contribution in [-0.4, -0.2) is 40.7 Å². The Bertz CT molecular complexity index is 904. The van der Waals surface area contributed by atoms with E-state index in [9.17, 15) is 9.59 Å². The summed E-state index contributed by atoms with van der Waals surface area (Å²) in [6, 6.07) is 3.89. The van der Waals surface area contributed by atoms with Crippen molar-refractivity contribution in [1.82, 2.24) is 10.1 Å². The number of piperidine rings is 1. The normalized spacial score (nSPS) is 17.7. The topological polar surface area (TPSA) is 84.7 Å². The monoisotopic (exact) mass is 385 g/mol. The fourth-order valence-electron chi connectivity index (χ4n) is 3.96. The molecule has 0 spiro atoms. The smallest absolute Gasteiger partial charge is 0.410 e. The van der Waals surface area contributed by atoms with Crippen molar-refractivity contribution >= 4 is 28.7 Å². The molecule has 28 heavy (non-hydrogen) atoms. The molecule has 2 aliphatic heterocycles. The SMILES string of the molecule is CC(C)(C)OC(=O)N1CCC(CCc2noc3cc4c(cc23)NC(=O)C4)CC1. The first-order valence-electron chi connectivity index (χ1n) is 9.97. The van der Waals surface area contributed by atoms with Crippen molar-refractivity contribution in [2.75, 3.05) is 18.4 Å². The van der Waals surface area contributed by atoms with Crippen LogP contribution in [0.3, 0.4) is 0 Å². The molecule has 1 aromatic carbocycles. The van der Waals surface area contributed by atoms with Crippen molar-refractivity contribution in [1.29, 1.82) is 0 Å². The van der Waals surface area contributed by atoms with E-state index in [-0.39, 0.29) is 12.0 Å². The van der Waals surface area contributed by atoms with Gasteiger partial charge >= 0.3 is 6.09 Å². The first-order chi connectivity index (χ1) is 13.3. The predicted octanol–water partition coefficient (Wildman–Crippen LogP) is 3.90. The summed E-state index contributed by atoms with van der Waals surface area (Å²) in [6.07, 6.45) is 3.96. The van der Waals surface area contributed by atoms with Crippen molar-refractivity contribution in [3.8, 4) is 0 Å². The van der Waals surface area contributed by atoms with Crippen LogP contribution in [0.25, 0.3) is 11.0 Å². The van der Waals surface area contributed by atoms with Gasteiger partial charge in [0, 0.05) is 24.2 Å². The number of benzene rings is 1. The fraction of sp³-hybridized carbons (Fsp3) is 0.571. The molecule has 1 saturated heterocycles. The molecule has 1 N–H and O–H groups in total. The lowest BCUT2D eigenvalue weighted by molar-refractivity contribution is -0.115. The van der Waals surface area contributed by atoms with Gasteiger partial charge in [0.2, 0.25) is 5.91 Å². The number of hydrogen-bond acceptors (Lipinski definition) is 5. The Hall–Kier alpha value is -2.57. The van der Waals surface area contributed by atoms with E-state index in [4.69, 9.17) is 9.26 Å². The Labute approximate surface area is 164 Å². The zero-order valence-corrected chi connectivity index (χ0v) is 16.7. The van der Waals surface area contributed by atoms with E-state index in [1.54, 1.807) is 4.90 Å². The summed E-state index contributed by atoms with van der Waals surface area (Å²) in [5.41, 5.74) is 3.06. The average Bonchev–Trinajstić information content (AvgIpc) is 3.18. The Morgan fingerprint density at radius 3 is 2.79 bits per heavy atom. The maximum atomic E-state index is 12.2. The Morgan fingerprint density at radius 2 is 2.07 bits per heavy atom. The first-order valence-corrected chi connectivity index (χ1v) is 9.97. The molecular weight excluding hydrogens is 358 g/mol. The molecule has 2 aromatic rings. The number of carbonyl (C=O) groups is 2. The van der Waals surface area contributed by atoms with Crippen LogP contribution in [0.5, 0.6) is 0 Å². The highest BCUT2D eigenvalue weighted by Crippen LogP contribution is 2.32. The second-order valence-corrected chi connectivity index (χ2v) is 8.81. The number of anilines is 1. The third kappa shape index (κ3) is 3.98. The summed E-state index contributed by atoms with van der Waals surface area (Å²) >= 11 is 0. The molecular formula is C21H27N3O4. The molecule has 0 aliphatic carbocycles. The highest BCUT2D eigenvalue weighted by molar-refractivity contribution is 6.02. The number of likely N-dealkylation sites (tertiary alicyclic amines) is 1. The Kier molecular flexibility index (Phi) is 4.77. The third-order valence-electron chi connectivity index (χ3n) is 5.45. The van der Waals surface area contributed by atoms with Crippen molar-refractivity contribution in [2.24, 2.45) is 5.92 Å². The van der Waals surface area contributed by atoms with Crippen LogP contribution >= 0.6 is 0 Å². The van der Waals surface area contributed by atoms with E-state index in [1.807, 2.05) is 32.9 Å². The minimum Gasteiger partial charge on any atom is -0.444 e. The number of carbonyl (C=O) groups excluding carboxylic acids is 2. The van der Waals surface area contributed by atoms with E-state index in [1.165, 1.54) is 0 Å². The van der Waals surface area contributed by atoms with Crippen LogP contribution in [0, 0.1) is 5.92 Å². The maximum absolute atomic E-state index is 12.2. The van der Waals surface area contributed by atoms with Gasteiger partial charge in [0.05, 0.1) is 12.1 Å². The first kappa shape index (κ1) is 18.8. The number of ether oxygens (including phenoxy) is 1. The van der Waals surface area contributed by atoms with Gasteiger partial charge in [0.1, 0.15) is 5.60 Å². The van der Waals surface area contributed by atoms with Gasteiger partial charge in [-0.3, -0.25) is 4.79 Å². The second-order valence-electron chi connectivity index (χ2n) is 8.81. The molecule has 7 nitrogen and oxygen atoms in total. The van der Waals surface area contributed by atoms with Gasteiger partial charge in [0.25, 0.3) is 0 Å². The minimum absolute atomic E-state index is 0.0221. The molecule has 2 amide bonds. The number of hydrogen-bond donors (Lipinski definition) is 1. The predicted molar refractivity (Wildman–Crippen MR) is 105 cm³/mol. The Balaban J connectivity index is 1.33. The van der Waals surface area contributed by atoms with Crippen LogP contribution < -0.4 is 5.32 Å². The summed E-state index contributed by atoms with van der Waals surface area (Å²) in [6.45, 7) is 7.14. The molecule has 0 saturated carbocycles. The average molecular weight is 385 g/mol. The lowest BCUT2D eigenvalue weighted by atomic mass is 9.91. The summed E-state index contributed by atoms with van der Waals surface area (Å²) < 4.78 is 10.9. The number of aryl methyl sites for hydroxylation is 1. The molecule has 0 unspecified atom stereocenters. The van der Waals surface area contributed by atoms with Gasteiger partial charge in [0.15, 0.2) is 5.58 Å². The van der Waals surface area contributed by atoms with Gasteiger partial charge in [-0.15, -0.1) is 0 Å². The zero-order valence-electron chi connectivity index (χ0n) is 16.7. The van der Waals surface area contributed by atoms with Crippen LogP contribution in [0.4, 0.5) is 10.5 Å². The van der Waals surface area contributed by atoms with Gasteiger partial charge in [-0.25, -0.2) is 4.79 Å². The lowest BCUT2D eigenvalue weighted by Crippen LogP contribution is -2.41. The number of fused-ring (bicyclic) bond motifs is 2. The van der Waals surface area contributed by atoms with Crippen LogP contribution in [0.1, 0.15) is 51.3 Å². The number of amides is 2. The lowest BCUT2D eigenvalue weighted by Gasteiger charge is -2.33. The van der Waals surface area contributed by atoms with E-state index < -0.39 is 5.60 Å². The minimum atomic E-state index is -0.457. The van der Waals surface area contributed by atoms with Crippen LogP contribution in [-0.2, 0) is 22.4 Å². The number of nitrogens with one attached hydrogen (secondary N) is 1. The zero-order chi connectivity index (χ0) is 19.9. The third-order valence-corrected chi connectivity index (χ3v) is 5.45. The van der Waals surface area contributed by atoms with E-state index in [2.05, 4.69) is 10.5 Å².